The number of carbonyl (C=O) groups is 1. The van der Waals surface area contributed by atoms with E-state index in [1.807, 2.05) is 24.3 Å². The number of carbonyl (C=O) groups excluding carboxylic acids is 1. The van der Waals surface area contributed by atoms with Gasteiger partial charge in [0.25, 0.3) is 5.69 Å². The fraction of sp³-hybridized carbons (Fsp3) is 0.364. The molecule has 1 amide bonds. The van der Waals surface area contributed by atoms with Gasteiger partial charge in [0, 0.05) is 57.8 Å². The molecule has 11 heteroatoms. The highest BCUT2D eigenvalue weighted by Gasteiger charge is 2.24. The first-order valence-corrected chi connectivity index (χ1v) is 11.9. The molecule has 10 nitrogen and oxygen atoms in total. The number of nitrogens with one attached hydrogen (secondary N) is 1. The molecular formula is C22H27N5O5S. The summed E-state index contributed by atoms with van der Waals surface area (Å²) in [6, 6.07) is 12.9. The first-order valence-electron chi connectivity index (χ1n) is 10.5. The Morgan fingerprint density at radius 2 is 1.88 bits per heavy atom. The third-order valence-electron chi connectivity index (χ3n) is 5.44. The molecule has 0 fully saturated rings. The Balaban J connectivity index is 1.50. The number of likely N-dealkylation sites (N-methyl/N-ethyl adjacent to an activating group) is 1. The molecule has 1 N–H and O–H groups in total. The van der Waals surface area contributed by atoms with Crippen LogP contribution in [0.1, 0.15) is 17.5 Å². The van der Waals surface area contributed by atoms with Crippen LogP contribution in [0, 0.1) is 10.1 Å². The lowest BCUT2D eigenvalue weighted by Crippen LogP contribution is -2.34. The number of benzene rings is 2. The Kier molecular flexibility index (Phi) is 7.77. The molecule has 2 aromatic rings. The summed E-state index contributed by atoms with van der Waals surface area (Å²) < 4.78 is 26.4. The number of non-ortho nitro benzene ring substituents is 1. The summed E-state index contributed by atoms with van der Waals surface area (Å²) in [6.45, 7) is 2.11. The van der Waals surface area contributed by atoms with Crippen LogP contribution < -0.4 is 5.32 Å². The molecule has 0 radical (unpaired) electrons. The third-order valence-corrected chi connectivity index (χ3v) is 7.29. The standard InChI is InChI=1S/C22H27N5O5S/c1-25(14-10-17-6-8-18(9-7-17)22-23-12-13-24-22)21(28)11-15-26(2)33(31,32)20-5-3-4-19(16-20)27(29)30/h3-9,16H,10-15H2,1-2H3,(H,23,24). The number of aliphatic imine (C=N–C) groups is 1. The number of sulfonamides is 1. The zero-order valence-corrected chi connectivity index (χ0v) is 19.4. The molecule has 2 aromatic carbocycles. The number of hydrogen-bond donors (Lipinski definition) is 1. The molecule has 0 aliphatic carbocycles. The quantitative estimate of drug-likeness (QED) is 0.413. The molecule has 33 heavy (non-hydrogen) atoms. The van der Waals surface area contributed by atoms with Crippen LogP contribution in [0.3, 0.4) is 0 Å². The molecule has 1 aliphatic heterocycles. The topological polar surface area (TPSA) is 125 Å². The molecule has 1 heterocycles. The van der Waals surface area contributed by atoms with Crippen LogP contribution in [-0.4, -0.2) is 74.6 Å². The van der Waals surface area contributed by atoms with E-state index in [2.05, 4.69) is 10.3 Å². The minimum absolute atomic E-state index is 0.00554. The van der Waals surface area contributed by atoms with E-state index in [0.717, 1.165) is 40.4 Å². The number of amidine groups is 1. The van der Waals surface area contributed by atoms with Gasteiger partial charge in [-0.2, -0.15) is 0 Å². The summed E-state index contributed by atoms with van der Waals surface area (Å²) in [4.78, 5) is 28.6. The van der Waals surface area contributed by atoms with Crippen molar-refractivity contribution in [1.82, 2.24) is 14.5 Å². The normalized spacial score (nSPS) is 13.5. The highest BCUT2D eigenvalue weighted by molar-refractivity contribution is 7.89. The van der Waals surface area contributed by atoms with Crippen molar-refractivity contribution in [2.45, 2.75) is 17.7 Å². The maximum absolute atomic E-state index is 12.7. The second-order valence-corrected chi connectivity index (χ2v) is 9.80. The lowest BCUT2D eigenvalue weighted by Gasteiger charge is -2.20. The second kappa shape index (κ2) is 10.5. The predicted octanol–water partition coefficient (Wildman–Crippen LogP) is 1.66. The van der Waals surface area contributed by atoms with Crippen molar-refractivity contribution in [2.24, 2.45) is 4.99 Å². The average Bonchev–Trinajstić information content (AvgIpc) is 3.36. The van der Waals surface area contributed by atoms with Crippen LogP contribution in [0.2, 0.25) is 0 Å². The van der Waals surface area contributed by atoms with Crippen molar-refractivity contribution in [1.29, 1.82) is 0 Å². The summed E-state index contributed by atoms with van der Waals surface area (Å²) in [5.74, 6) is 0.718. The summed E-state index contributed by atoms with van der Waals surface area (Å²) in [6.07, 6.45) is 0.676. The number of nitro groups is 1. The van der Waals surface area contributed by atoms with Crippen LogP contribution in [0.5, 0.6) is 0 Å². The zero-order valence-electron chi connectivity index (χ0n) is 18.6. The van der Waals surface area contributed by atoms with Gasteiger partial charge in [-0.1, -0.05) is 30.3 Å². The number of rotatable bonds is 10. The SMILES string of the molecule is CN(CCc1ccc(C2=NCCN2)cc1)C(=O)CCN(C)S(=O)(=O)c1cccc([N+](=O)[O-])c1. The minimum atomic E-state index is -3.94. The molecule has 0 saturated heterocycles. The number of amides is 1. The van der Waals surface area contributed by atoms with Crippen molar-refractivity contribution in [2.75, 3.05) is 40.3 Å². The fourth-order valence-electron chi connectivity index (χ4n) is 3.34. The van der Waals surface area contributed by atoms with Gasteiger partial charge < -0.3 is 10.2 Å². The largest absolute Gasteiger partial charge is 0.368 e. The Bertz CT molecular complexity index is 1150. The molecule has 1 aliphatic rings. The van der Waals surface area contributed by atoms with Crippen molar-refractivity contribution in [3.8, 4) is 0 Å². The van der Waals surface area contributed by atoms with Crippen molar-refractivity contribution < 1.29 is 18.1 Å². The molecule has 0 atom stereocenters. The average molecular weight is 474 g/mol. The third kappa shape index (κ3) is 6.14. The van der Waals surface area contributed by atoms with E-state index in [9.17, 15) is 23.3 Å². The molecule has 0 unspecified atom stereocenters. The first-order chi connectivity index (χ1) is 15.7. The number of nitrogens with zero attached hydrogens (tertiary/aromatic N) is 4. The highest BCUT2D eigenvalue weighted by atomic mass is 32.2. The molecule has 3 rings (SSSR count). The van der Waals surface area contributed by atoms with Crippen LogP contribution in [-0.2, 0) is 21.2 Å². The van der Waals surface area contributed by atoms with Crippen molar-refractivity contribution in [3.05, 3.63) is 69.8 Å². The van der Waals surface area contributed by atoms with E-state index in [1.54, 1.807) is 11.9 Å². The van der Waals surface area contributed by atoms with Crippen LogP contribution >= 0.6 is 0 Å². The molecule has 176 valence electrons. The second-order valence-electron chi connectivity index (χ2n) is 7.75. The maximum Gasteiger partial charge on any atom is 0.270 e. The van der Waals surface area contributed by atoms with E-state index in [0.29, 0.717) is 13.0 Å². The van der Waals surface area contributed by atoms with E-state index >= 15 is 0 Å². The highest BCUT2D eigenvalue weighted by Crippen LogP contribution is 2.20. The summed E-state index contributed by atoms with van der Waals surface area (Å²) in [7, 11) is -0.902. The molecule has 0 aromatic heterocycles. The first kappa shape index (κ1) is 24.3. The number of hydrogen-bond acceptors (Lipinski definition) is 7. The van der Waals surface area contributed by atoms with Crippen LogP contribution in [0.15, 0.2) is 58.4 Å². The summed E-state index contributed by atoms with van der Waals surface area (Å²) in [5.41, 5.74) is 1.82. The van der Waals surface area contributed by atoms with Gasteiger partial charge in [-0.05, 0) is 18.1 Å². The summed E-state index contributed by atoms with van der Waals surface area (Å²) >= 11 is 0. The Labute approximate surface area is 193 Å². The van der Waals surface area contributed by atoms with E-state index < -0.39 is 14.9 Å². The van der Waals surface area contributed by atoms with E-state index in [1.165, 1.54) is 25.2 Å². The zero-order chi connectivity index (χ0) is 24.0. The Morgan fingerprint density at radius 1 is 1.15 bits per heavy atom. The van der Waals surface area contributed by atoms with Gasteiger partial charge in [-0.15, -0.1) is 0 Å². The van der Waals surface area contributed by atoms with Gasteiger partial charge >= 0.3 is 0 Å². The minimum Gasteiger partial charge on any atom is -0.368 e. The van der Waals surface area contributed by atoms with Crippen LogP contribution in [0.4, 0.5) is 5.69 Å². The lowest BCUT2D eigenvalue weighted by atomic mass is 10.1. The van der Waals surface area contributed by atoms with E-state index in [-0.39, 0.29) is 29.5 Å². The molecule has 0 bridgehead atoms. The Morgan fingerprint density at radius 3 is 2.52 bits per heavy atom. The lowest BCUT2D eigenvalue weighted by molar-refractivity contribution is -0.385. The molecular weight excluding hydrogens is 446 g/mol. The van der Waals surface area contributed by atoms with Gasteiger partial charge in [0.1, 0.15) is 5.84 Å². The smallest absolute Gasteiger partial charge is 0.270 e. The van der Waals surface area contributed by atoms with Crippen molar-refractivity contribution >= 4 is 27.5 Å². The predicted molar refractivity (Wildman–Crippen MR) is 125 cm³/mol. The van der Waals surface area contributed by atoms with Gasteiger partial charge in [-0.25, -0.2) is 12.7 Å². The van der Waals surface area contributed by atoms with Gasteiger partial charge in [0.15, 0.2) is 0 Å². The van der Waals surface area contributed by atoms with Gasteiger partial charge in [-0.3, -0.25) is 19.9 Å². The Hall–Kier alpha value is -3.31. The van der Waals surface area contributed by atoms with Crippen LogP contribution in [0.25, 0.3) is 0 Å². The van der Waals surface area contributed by atoms with Gasteiger partial charge in [0.05, 0.1) is 16.4 Å². The molecule has 0 saturated carbocycles. The van der Waals surface area contributed by atoms with Gasteiger partial charge in [0.2, 0.25) is 15.9 Å². The monoisotopic (exact) mass is 473 g/mol. The van der Waals surface area contributed by atoms with Crippen molar-refractivity contribution in [3.63, 3.8) is 0 Å². The van der Waals surface area contributed by atoms with E-state index in [4.69, 9.17) is 0 Å². The fourth-order valence-corrected chi connectivity index (χ4v) is 4.56. The maximum atomic E-state index is 12.7. The number of nitro benzene ring substituents is 1. The summed E-state index contributed by atoms with van der Waals surface area (Å²) in [5, 5.41) is 14.1. The molecule has 0 spiro atoms.